The summed E-state index contributed by atoms with van der Waals surface area (Å²) in [5.41, 5.74) is 2.68. The minimum atomic E-state index is 0.335. The molecule has 1 nitrogen and oxygen atoms in total. The lowest BCUT2D eigenvalue weighted by Crippen LogP contribution is -2.10. The highest BCUT2D eigenvalue weighted by molar-refractivity contribution is 5.42. The van der Waals surface area contributed by atoms with E-state index >= 15 is 0 Å². The van der Waals surface area contributed by atoms with Crippen molar-refractivity contribution in [3.05, 3.63) is 29.3 Å². The van der Waals surface area contributed by atoms with Crippen molar-refractivity contribution in [2.24, 2.45) is 0 Å². The van der Waals surface area contributed by atoms with Gasteiger partial charge in [0.15, 0.2) is 0 Å². The smallest absolute Gasteiger partial charge is 0.123 e. The molecule has 1 heteroatoms. The summed E-state index contributed by atoms with van der Waals surface area (Å²) < 4.78 is 5.67. The first-order valence-corrected chi connectivity index (χ1v) is 4.45. The summed E-state index contributed by atoms with van der Waals surface area (Å²) >= 11 is 0. The highest BCUT2D eigenvalue weighted by Crippen LogP contribution is 2.37. The van der Waals surface area contributed by atoms with Crippen molar-refractivity contribution in [2.75, 3.05) is 0 Å². The molecule has 0 aliphatic carbocycles. The maximum absolute atomic E-state index is 5.67. The number of rotatable bonds is 0. The minimum Gasteiger partial charge on any atom is -0.490 e. The molecule has 1 heterocycles. The van der Waals surface area contributed by atoms with Gasteiger partial charge in [0.25, 0.3) is 0 Å². The molecular weight excluding hydrogens is 148 g/mol. The Morgan fingerprint density at radius 3 is 2.75 bits per heavy atom. The number of ether oxygens (including phenoxy) is 1. The van der Waals surface area contributed by atoms with Gasteiger partial charge in [-0.25, -0.2) is 0 Å². The van der Waals surface area contributed by atoms with Crippen molar-refractivity contribution >= 4 is 0 Å². The predicted molar refractivity (Wildman–Crippen MR) is 49.7 cm³/mol. The van der Waals surface area contributed by atoms with Gasteiger partial charge in [0, 0.05) is 11.5 Å². The van der Waals surface area contributed by atoms with Gasteiger partial charge in [-0.1, -0.05) is 24.6 Å². The fourth-order valence-electron chi connectivity index (χ4n) is 1.69. The predicted octanol–water partition coefficient (Wildman–Crippen LogP) is 2.88. The molecular formula is C11H14O. The summed E-state index contributed by atoms with van der Waals surface area (Å²) in [7, 11) is 0. The Labute approximate surface area is 73.4 Å². The van der Waals surface area contributed by atoms with Gasteiger partial charge in [0.1, 0.15) is 11.9 Å². The van der Waals surface area contributed by atoms with E-state index in [0.717, 1.165) is 5.75 Å². The molecule has 0 saturated heterocycles. The molecule has 0 aromatic heterocycles. The first-order chi connectivity index (χ1) is 5.68. The van der Waals surface area contributed by atoms with Crippen LogP contribution in [-0.2, 0) is 0 Å². The zero-order valence-corrected chi connectivity index (χ0v) is 7.79. The zero-order chi connectivity index (χ0) is 8.72. The first kappa shape index (κ1) is 7.66. The molecule has 12 heavy (non-hydrogen) atoms. The van der Waals surface area contributed by atoms with E-state index in [-0.39, 0.29) is 0 Å². The standard InChI is InChI=1S/C11H14O/c1-7-4-5-11-10(6-7)8(2)9(3)12-11/h4-6,8-9H,1-3H3/t8-,9-/m0/s1. The van der Waals surface area contributed by atoms with Crippen LogP contribution in [0.5, 0.6) is 5.75 Å². The maximum atomic E-state index is 5.67. The van der Waals surface area contributed by atoms with E-state index in [1.54, 1.807) is 0 Å². The van der Waals surface area contributed by atoms with Crippen LogP contribution >= 0.6 is 0 Å². The van der Waals surface area contributed by atoms with Crippen LogP contribution < -0.4 is 4.74 Å². The molecule has 1 aliphatic heterocycles. The second-order valence-electron chi connectivity index (χ2n) is 3.65. The monoisotopic (exact) mass is 162 g/mol. The molecule has 0 amide bonds. The van der Waals surface area contributed by atoms with E-state index in [1.165, 1.54) is 11.1 Å². The third kappa shape index (κ3) is 1.01. The normalized spacial score (nSPS) is 26.6. The largest absolute Gasteiger partial charge is 0.490 e. The third-order valence-corrected chi connectivity index (χ3v) is 2.67. The average molecular weight is 162 g/mol. The van der Waals surface area contributed by atoms with Crippen molar-refractivity contribution in [1.82, 2.24) is 0 Å². The van der Waals surface area contributed by atoms with Crippen LogP contribution in [0.3, 0.4) is 0 Å². The van der Waals surface area contributed by atoms with Crippen molar-refractivity contribution < 1.29 is 4.74 Å². The van der Waals surface area contributed by atoms with Gasteiger partial charge in [-0.3, -0.25) is 0 Å². The highest BCUT2D eigenvalue weighted by atomic mass is 16.5. The Bertz CT molecular complexity index is 304. The van der Waals surface area contributed by atoms with Crippen molar-refractivity contribution in [3.63, 3.8) is 0 Å². The highest BCUT2D eigenvalue weighted by Gasteiger charge is 2.26. The van der Waals surface area contributed by atoms with Gasteiger partial charge in [0.05, 0.1) is 0 Å². The maximum Gasteiger partial charge on any atom is 0.123 e. The number of hydrogen-bond acceptors (Lipinski definition) is 1. The quantitative estimate of drug-likeness (QED) is 0.570. The van der Waals surface area contributed by atoms with Gasteiger partial charge in [0.2, 0.25) is 0 Å². The fourth-order valence-corrected chi connectivity index (χ4v) is 1.69. The summed E-state index contributed by atoms with van der Waals surface area (Å²) in [6.07, 6.45) is 0.335. The van der Waals surface area contributed by atoms with Crippen LogP contribution in [0.15, 0.2) is 18.2 Å². The number of fused-ring (bicyclic) bond motifs is 1. The van der Waals surface area contributed by atoms with Crippen molar-refractivity contribution in [1.29, 1.82) is 0 Å². The van der Waals surface area contributed by atoms with Crippen LogP contribution in [0.4, 0.5) is 0 Å². The summed E-state index contributed by atoms with van der Waals surface area (Å²) in [4.78, 5) is 0. The minimum absolute atomic E-state index is 0.335. The van der Waals surface area contributed by atoms with Crippen LogP contribution in [0.1, 0.15) is 30.9 Å². The second kappa shape index (κ2) is 2.51. The molecule has 0 saturated carbocycles. The molecule has 2 rings (SSSR count). The molecule has 1 aromatic rings. The third-order valence-electron chi connectivity index (χ3n) is 2.67. The van der Waals surface area contributed by atoms with E-state index in [4.69, 9.17) is 4.74 Å². The Morgan fingerprint density at radius 2 is 2.00 bits per heavy atom. The number of aryl methyl sites for hydroxylation is 1. The lowest BCUT2D eigenvalue weighted by molar-refractivity contribution is 0.232. The van der Waals surface area contributed by atoms with Crippen molar-refractivity contribution in [2.45, 2.75) is 32.8 Å². The van der Waals surface area contributed by atoms with Gasteiger partial charge in [-0.15, -0.1) is 0 Å². The molecule has 1 aliphatic rings. The Balaban J connectivity index is 2.48. The van der Waals surface area contributed by atoms with Crippen LogP contribution in [0.25, 0.3) is 0 Å². The fraction of sp³-hybridized carbons (Fsp3) is 0.455. The van der Waals surface area contributed by atoms with Gasteiger partial charge >= 0.3 is 0 Å². The average Bonchev–Trinajstić information content (AvgIpc) is 2.31. The van der Waals surface area contributed by atoms with E-state index < -0.39 is 0 Å². The Hall–Kier alpha value is -0.980. The lowest BCUT2D eigenvalue weighted by Gasteiger charge is -2.07. The van der Waals surface area contributed by atoms with Crippen molar-refractivity contribution in [3.8, 4) is 5.75 Å². The molecule has 64 valence electrons. The Morgan fingerprint density at radius 1 is 1.25 bits per heavy atom. The van der Waals surface area contributed by atoms with Crippen LogP contribution in [0, 0.1) is 6.92 Å². The van der Waals surface area contributed by atoms with Crippen LogP contribution in [-0.4, -0.2) is 6.10 Å². The lowest BCUT2D eigenvalue weighted by atomic mass is 9.97. The molecule has 2 atom stereocenters. The molecule has 0 N–H and O–H groups in total. The van der Waals surface area contributed by atoms with Gasteiger partial charge in [-0.05, 0) is 19.9 Å². The number of hydrogen-bond donors (Lipinski definition) is 0. The molecule has 0 spiro atoms. The van der Waals surface area contributed by atoms with E-state index in [1.807, 2.05) is 0 Å². The second-order valence-corrected chi connectivity index (χ2v) is 3.65. The summed E-state index contributed by atoms with van der Waals surface area (Å²) in [5.74, 6) is 1.61. The van der Waals surface area contributed by atoms with E-state index in [2.05, 4.69) is 39.0 Å². The van der Waals surface area contributed by atoms with Crippen LogP contribution in [0.2, 0.25) is 0 Å². The topological polar surface area (TPSA) is 9.23 Å². The van der Waals surface area contributed by atoms with E-state index in [0.29, 0.717) is 12.0 Å². The molecule has 1 aromatic carbocycles. The van der Waals surface area contributed by atoms with E-state index in [9.17, 15) is 0 Å². The van der Waals surface area contributed by atoms with Gasteiger partial charge < -0.3 is 4.74 Å². The first-order valence-electron chi connectivity index (χ1n) is 4.45. The molecule has 0 unspecified atom stereocenters. The summed E-state index contributed by atoms with van der Waals surface area (Å²) in [6, 6.07) is 6.40. The SMILES string of the molecule is Cc1ccc2c(c1)[C@@H](C)[C@H](C)O2. The molecule has 0 fully saturated rings. The zero-order valence-electron chi connectivity index (χ0n) is 7.79. The number of benzene rings is 1. The summed E-state index contributed by atoms with van der Waals surface area (Å²) in [5, 5.41) is 0. The molecule has 0 bridgehead atoms. The summed E-state index contributed by atoms with van der Waals surface area (Å²) in [6.45, 7) is 6.46. The molecule has 0 radical (unpaired) electrons. The Kier molecular flexibility index (Phi) is 1.60. The van der Waals surface area contributed by atoms with Gasteiger partial charge in [-0.2, -0.15) is 0 Å².